The number of aliphatic hydroxyl groups is 1. The maximum Gasteiger partial charge on any atom is 0.182 e. The zero-order chi connectivity index (χ0) is 20.8. The smallest absolute Gasteiger partial charge is 0.182 e. The summed E-state index contributed by atoms with van der Waals surface area (Å²) >= 11 is 3.60. The molecule has 1 aromatic heterocycles. The molecule has 1 aliphatic heterocycles. The van der Waals surface area contributed by atoms with E-state index in [4.69, 9.17) is 9.47 Å². The number of ether oxygens (including phenoxy) is 2. The number of aromatic nitrogens is 2. The molecule has 1 aliphatic rings. The zero-order valence-electron chi connectivity index (χ0n) is 17.7. The van der Waals surface area contributed by atoms with Gasteiger partial charge in [0, 0.05) is 11.6 Å². The van der Waals surface area contributed by atoms with E-state index in [0.29, 0.717) is 16.2 Å². The van der Waals surface area contributed by atoms with Crippen LogP contribution in [0.2, 0.25) is 0 Å². The Balaban J connectivity index is 2.11. The van der Waals surface area contributed by atoms with Crippen molar-refractivity contribution in [1.82, 2.24) is 14.5 Å². The normalized spacial score (nSPS) is 14.8. The lowest BCUT2D eigenvalue weighted by Crippen LogP contribution is -2.41. The van der Waals surface area contributed by atoms with Crippen LogP contribution in [0.15, 0.2) is 16.9 Å². The number of hydrogen-bond acceptors (Lipinski definition) is 5. The number of fused-ring (bicyclic) bond motifs is 3. The fourth-order valence-electron chi connectivity index (χ4n) is 3.44. The molecular weight excluding hydrogens is 422 g/mol. The van der Waals surface area contributed by atoms with Gasteiger partial charge in [-0.3, -0.25) is 9.47 Å². The Morgan fingerprint density at radius 2 is 1.89 bits per heavy atom. The molecule has 1 N–H and O–H groups in total. The number of benzene rings is 1. The Morgan fingerprint density at radius 3 is 2.46 bits per heavy atom. The lowest BCUT2D eigenvalue weighted by Gasteiger charge is -2.35. The van der Waals surface area contributed by atoms with E-state index in [2.05, 4.69) is 46.3 Å². The highest BCUT2D eigenvalue weighted by Gasteiger charge is 2.32. The van der Waals surface area contributed by atoms with E-state index in [-0.39, 0.29) is 11.6 Å². The van der Waals surface area contributed by atoms with Gasteiger partial charge in [0.2, 0.25) is 0 Å². The maximum absolute atomic E-state index is 11.0. The molecule has 3 rings (SSSR count). The number of rotatable bonds is 5. The standard InChI is InChI=1S/C21H30BrN3O3/c1-12(2)28-17-11-15-13(10-16(17)27-7)8-9-14-18(23-20(22)25(14)15)19(26)24(6)21(3,4)5/h10-12,19,26H,8-9H2,1-7H3. The van der Waals surface area contributed by atoms with Crippen molar-refractivity contribution in [3.8, 4) is 17.2 Å². The van der Waals surface area contributed by atoms with Crippen molar-refractivity contribution in [2.75, 3.05) is 14.2 Å². The van der Waals surface area contributed by atoms with Crippen molar-refractivity contribution in [1.29, 1.82) is 0 Å². The van der Waals surface area contributed by atoms with Gasteiger partial charge in [-0.05, 0) is 82.1 Å². The van der Waals surface area contributed by atoms with Gasteiger partial charge in [0.15, 0.2) is 22.5 Å². The molecule has 0 saturated carbocycles. The third-order valence-electron chi connectivity index (χ3n) is 5.23. The quantitative estimate of drug-likeness (QED) is 0.688. The van der Waals surface area contributed by atoms with Crippen LogP contribution < -0.4 is 9.47 Å². The van der Waals surface area contributed by atoms with Crippen molar-refractivity contribution in [2.45, 2.75) is 65.3 Å². The predicted molar refractivity (Wildman–Crippen MR) is 113 cm³/mol. The van der Waals surface area contributed by atoms with Gasteiger partial charge < -0.3 is 14.6 Å². The number of imidazole rings is 1. The van der Waals surface area contributed by atoms with Crippen LogP contribution in [0.4, 0.5) is 0 Å². The number of aliphatic hydroxyl groups excluding tert-OH is 1. The van der Waals surface area contributed by atoms with Crippen LogP contribution in [0, 0.1) is 0 Å². The summed E-state index contributed by atoms with van der Waals surface area (Å²) in [6, 6.07) is 4.05. The van der Waals surface area contributed by atoms with E-state index < -0.39 is 6.23 Å². The largest absolute Gasteiger partial charge is 0.493 e. The second kappa shape index (κ2) is 7.69. The van der Waals surface area contributed by atoms with E-state index in [0.717, 1.165) is 30.0 Å². The predicted octanol–water partition coefficient (Wildman–Crippen LogP) is 4.25. The molecular formula is C21H30BrN3O3. The monoisotopic (exact) mass is 451 g/mol. The Kier molecular flexibility index (Phi) is 5.81. The second-order valence-corrected chi connectivity index (χ2v) is 9.21. The number of hydrogen-bond donors (Lipinski definition) is 1. The van der Waals surface area contributed by atoms with Crippen LogP contribution >= 0.6 is 15.9 Å². The van der Waals surface area contributed by atoms with Crippen LogP contribution in [-0.4, -0.2) is 45.4 Å². The van der Waals surface area contributed by atoms with E-state index in [1.54, 1.807) is 7.11 Å². The molecule has 28 heavy (non-hydrogen) atoms. The van der Waals surface area contributed by atoms with Gasteiger partial charge in [0.25, 0.3) is 0 Å². The third-order valence-corrected chi connectivity index (χ3v) is 5.76. The summed E-state index contributed by atoms with van der Waals surface area (Å²) in [5, 5.41) is 11.0. The van der Waals surface area contributed by atoms with Crippen molar-refractivity contribution < 1.29 is 14.6 Å². The molecule has 0 amide bonds. The lowest BCUT2D eigenvalue weighted by molar-refractivity contribution is -0.0367. The summed E-state index contributed by atoms with van der Waals surface area (Å²) in [5.74, 6) is 1.44. The summed E-state index contributed by atoms with van der Waals surface area (Å²) in [6.07, 6.45) is 0.909. The molecule has 7 heteroatoms. The average Bonchev–Trinajstić information content (AvgIpc) is 2.95. The summed E-state index contributed by atoms with van der Waals surface area (Å²) < 4.78 is 14.2. The number of nitrogens with zero attached hydrogens (tertiary/aromatic N) is 3. The molecule has 0 radical (unpaired) electrons. The Morgan fingerprint density at radius 1 is 1.21 bits per heavy atom. The van der Waals surface area contributed by atoms with Crippen molar-refractivity contribution in [3.63, 3.8) is 0 Å². The first-order chi connectivity index (χ1) is 13.0. The van der Waals surface area contributed by atoms with Crippen LogP contribution in [0.1, 0.15) is 57.8 Å². The first-order valence-corrected chi connectivity index (χ1v) is 10.4. The molecule has 1 unspecified atom stereocenters. The molecule has 1 aromatic carbocycles. The first kappa shape index (κ1) is 21.1. The summed E-state index contributed by atoms with van der Waals surface area (Å²) in [7, 11) is 3.58. The Hall–Kier alpha value is -1.57. The zero-order valence-corrected chi connectivity index (χ0v) is 19.3. The fraction of sp³-hybridized carbons (Fsp3) is 0.571. The highest BCUT2D eigenvalue weighted by Crippen LogP contribution is 2.40. The van der Waals surface area contributed by atoms with E-state index in [1.807, 2.05) is 37.9 Å². The molecule has 6 nitrogen and oxygen atoms in total. The maximum atomic E-state index is 11.0. The molecule has 0 aliphatic carbocycles. The van der Waals surface area contributed by atoms with Crippen molar-refractivity contribution in [3.05, 3.63) is 33.8 Å². The summed E-state index contributed by atoms with van der Waals surface area (Å²) in [6.45, 7) is 10.2. The lowest BCUT2D eigenvalue weighted by atomic mass is 9.98. The van der Waals surface area contributed by atoms with Crippen LogP contribution in [0.5, 0.6) is 11.5 Å². The average molecular weight is 452 g/mol. The van der Waals surface area contributed by atoms with Gasteiger partial charge in [0.05, 0.1) is 24.6 Å². The van der Waals surface area contributed by atoms with Crippen LogP contribution in [0.3, 0.4) is 0 Å². The minimum absolute atomic E-state index is 0.0408. The SMILES string of the molecule is COc1cc2c(cc1OC(C)C)-n1c(Br)nc(C(O)N(C)C(C)(C)C)c1CC2. The number of halogens is 1. The van der Waals surface area contributed by atoms with Crippen molar-refractivity contribution in [2.24, 2.45) is 0 Å². The first-order valence-electron chi connectivity index (χ1n) is 9.60. The van der Waals surface area contributed by atoms with E-state index in [1.165, 1.54) is 5.56 Å². The molecule has 154 valence electrons. The van der Waals surface area contributed by atoms with Crippen LogP contribution in [-0.2, 0) is 12.8 Å². The minimum Gasteiger partial charge on any atom is -0.493 e. The minimum atomic E-state index is -0.779. The van der Waals surface area contributed by atoms with Gasteiger partial charge in [0.1, 0.15) is 5.69 Å². The Bertz CT molecular complexity index is 871. The summed E-state index contributed by atoms with van der Waals surface area (Å²) in [5.41, 5.74) is 3.71. The van der Waals surface area contributed by atoms with Gasteiger partial charge in [-0.15, -0.1) is 0 Å². The molecule has 1 atom stereocenters. The van der Waals surface area contributed by atoms with Gasteiger partial charge in [-0.25, -0.2) is 4.98 Å². The molecule has 0 spiro atoms. The molecule has 0 bridgehead atoms. The number of methoxy groups -OCH3 is 1. The van der Waals surface area contributed by atoms with Gasteiger partial charge in [-0.1, -0.05) is 0 Å². The topological polar surface area (TPSA) is 59.8 Å². The molecule has 0 saturated heterocycles. The van der Waals surface area contributed by atoms with Crippen molar-refractivity contribution >= 4 is 15.9 Å². The second-order valence-electron chi connectivity index (χ2n) is 8.50. The highest BCUT2D eigenvalue weighted by molar-refractivity contribution is 9.10. The molecule has 0 fully saturated rings. The fourth-order valence-corrected chi connectivity index (χ4v) is 4.04. The van der Waals surface area contributed by atoms with E-state index in [9.17, 15) is 5.11 Å². The molecule has 2 aromatic rings. The molecule has 2 heterocycles. The van der Waals surface area contributed by atoms with E-state index >= 15 is 0 Å². The highest BCUT2D eigenvalue weighted by atomic mass is 79.9. The van der Waals surface area contributed by atoms with Crippen LogP contribution in [0.25, 0.3) is 5.69 Å². The van der Waals surface area contributed by atoms with Gasteiger partial charge in [-0.2, -0.15) is 0 Å². The van der Waals surface area contributed by atoms with Gasteiger partial charge >= 0.3 is 0 Å². The summed E-state index contributed by atoms with van der Waals surface area (Å²) in [4.78, 5) is 6.60. The number of aryl methyl sites for hydroxylation is 1. The Labute approximate surface area is 175 Å². The third kappa shape index (κ3) is 3.80.